The van der Waals surface area contributed by atoms with Crippen LogP contribution in [0.15, 0.2) is 54.6 Å². The Bertz CT molecular complexity index is 630. The van der Waals surface area contributed by atoms with E-state index in [9.17, 15) is 4.79 Å². The molecule has 0 aliphatic rings. The summed E-state index contributed by atoms with van der Waals surface area (Å²) in [6.45, 7) is 4.10. The Morgan fingerprint density at radius 1 is 1.09 bits per heavy atom. The van der Waals surface area contributed by atoms with Crippen molar-refractivity contribution >= 4 is 17.7 Å². The van der Waals surface area contributed by atoms with Gasteiger partial charge in [0.1, 0.15) is 5.75 Å². The topological polar surface area (TPSA) is 38.3 Å². The Balaban J connectivity index is 1.87. The molecule has 1 N–H and O–H groups in total. The number of thioether (sulfide) groups is 1. The van der Waals surface area contributed by atoms with Crippen LogP contribution in [0.5, 0.6) is 5.75 Å². The SMILES string of the molecule is COc1ccccc1C(C)NC(=O)CSC(C)c1ccccc1. The molecule has 2 aromatic rings. The lowest BCUT2D eigenvalue weighted by Gasteiger charge is -2.18. The Hall–Kier alpha value is -1.94. The molecule has 0 aliphatic heterocycles. The largest absolute Gasteiger partial charge is 0.496 e. The molecule has 0 saturated carbocycles. The maximum Gasteiger partial charge on any atom is 0.230 e. The standard InChI is InChI=1S/C19H23NO2S/c1-14(17-11-7-8-12-18(17)22-3)20-19(21)13-23-15(2)16-9-5-4-6-10-16/h4-12,14-15H,13H2,1-3H3,(H,20,21). The van der Waals surface area contributed by atoms with Crippen molar-refractivity contribution in [2.45, 2.75) is 25.1 Å². The average molecular weight is 329 g/mol. The van der Waals surface area contributed by atoms with Gasteiger partial charge in [0.25, 0.3) is 0 Å². The zero-order valence-electron chi connectivity index (χ0n) is 13.8. The number of nitrogens with one attached hydrogen (secondary N) is 1. The minimum atomic E-state index is -0.0775. The third-order valence-electron chi connectivity index (χ3n) is 3.72. The van der Waals surface area contributed by atoms with Crippen LogP contribution in [0, 0.1) is 0 Å². The van der Waals surface area contributed by atoms with E-state index >= 15 is 0 Å². The maximum atomic E-state index is 12.2. The van der Waals surface area contributed by atoms with Gasteiger partial charge in [-0.15, -0.1) is 11.8 Å². The molecule has 2 aromatic carbocycles. The number of ether oxygens (including phenoxy) is 1. The van der Waals surface area contributed by atoms with Crippen molar-refractivity contribution in [3.8, 4) is 5.75 Å². The molecule has 4 heteroatoms. The summed E-state index contributed by atoms with van der Waals surface area (Å²) < 4.78 is 5.35. The van der Waals surface area contributed by atoms with Crippen LogP contribution in [-0.4, -0.2) is 18.8 Å². The monoisotopic (exact) mass is 329 g/mol. The number of benzene rings is 2. The number of rotatable bonds is 7. The Kier molecular flexibility index (Phi) is 6.53. The second-order valence-corrected chi connectivity index (χ2v) is 6.72. The highest BCUT2D eigenvalue weighted by molar-refractivity contribution is 8.00. The third kappa shape index (κ3) is 5.03. The number of methoxy groups -OCH3 is 1. The van der Waals surface area contributed by atoms with Crippen LogP contribution in [0.1, 0.15) is 36.3 Å². The number of hydrogen-bond donors (Lipinski definition) is 1. The van der Waals surface area contributed by atoms with Gasteiger partial charge in [-0.2, -0.15) is 0 Å². The lowest BCUT2D eigenvalue weighted by Crippen LogP contribution is -2.28. The summed E-state index contributed by atoms with van der Waals surface area (Å²) in [7, 11) is 1.64. The molecule has 122 valence electrons. The van der Waals surface area contributed by atoms with Crippen molar-refractivity contribution < 1.29 is 9.53 Å². The highest BCUT2D eigenvalue weighted by Crippen LogP contribution is 2.28. The van der Waals surface area contributed by atoms with E-state index in [0.29, 0.717) is 11.0 Å². The van der Waals surface area contributed by atoms with Crippen molar-refractivity contribution in [3.05, 3.63) is 65.7 Å². The molecule has 2 unspecified atom stereocenters. The molecule has 0 aromatic heterocycles. The molecule has 0 fully saturated rings. The van der Waals surface area contributed by atoms with Gasteiger partial charge in [0.2, 0.25) is 5.91 Å². The van der Waals surface area contributed by atoms with E-state index in [-0.39, 0.29) is 11.9 Å². The first-order valence-electron chi connectivity index (χ1n) is 7.70. The zero-order valence-corrected chi connectivity index (χ0v) is 14.6. The third-order valence-corrected chi connectivity index (χ3v) is 4.92. The molecule has 0 radical (unpaired) electrons. The number of carbonyl (C=O) groups is 1. The number of amides is 1. The number of carbonyl (C=O) groups excluding carboxylic acids is 1. The fourth-order valence-corrected chi connectivity index (χ4v) is 3.24. The first-order valence-corrected chi connectivity index (χ1v) is 8.75. The van der Waals surface area contributed by atoms with Crippen LogP contribution >= 0.6 is 11.8 Å². The molecular formula is C19H23NO2S. The van der Waals surface area contributed by atoms with Crippen molar-refractivity contribution in [3.63, 3.8) is 0 Å². The molecule has 1 amide bonds. The predicted octanol–water partition coefficient (Wildman–Crippen LogP) is 4.37. The molecule has 2 rings (SSSR count). The Morgan fingerprint density at radius 3 is 2.43 bits per heavy atom. The highest BCUT2D eigenvalue weighted by Gasteiger charge is 2.15. The van der Waals surface area contributed by atoms with E-state index in [4.69, 9.17) is 4.74 Å². The van der Waals surface area contributed by atoms with Crippen LogP contribution in [0.3, 0.4) is 0 Å². The zero-order chi connectivity index (χ0) is 16.7. The van der Waals surface area contributed by atoms with Crippen molar-refractivity contribution in [2.75, 3.05) is 12.9 Å². The summed E-state index contributed by atoms with van der Waals surface area (Å²) in [4.78, 5) is 12.2. The Morgan fingerprint density at radius 2 is 1.74 bits per heavy atom. The van der Waals surface area contributed by atoms with E-state index in [1.165, 1.54) is 5.56 Å². The van der Waals surface area contributed by atoms with E-state index in [0.717, 1.165) is 11.3 Å². The summed E-state index contributed by atoms with van der Waals surface area (Å²) in [5.74, 6) is 1.28. The summed E-state index contributed by atoms with van der Waals surface area (Å²) in [5.41, 5.74) is 2.23. The molecule has 0 aliphatic carbocycles. The first kappa shape index (κ1) is 17.4. The van der Waals surface area contributed by atoms with Gasteiger partial charge in [-0.3, -0.25) is 4.79 Å². The van der Waals surface area contributed by atoms with Gasteiger partial charge in [0, 0.05) is 10.8 Å². The maximum absolute atomic E-state index is 12.2. The average Bonchev–Trinajstić information content (AvgIpc) is 2.60. The van der Waals surface area contributed by atoms with Gasteiger partial charge < -0.3 is 10.1 Å². The van der Waals surface area contributed by atoms with Gasteiger partial charge in [0.15, 0.2) is 0 Å². The van der Waals surface area contributed by atoms with Gasteiger partial charge in [0.05, 0.1) is 18.9 Å². The van der Waals surface area contributed by atoms with E-state index < -0.39 is 0 Å². The van der Waals surface area contributed by atoms with Crippen molar-refractivity contribution in [1.82, 2.24) is 5.32 Å². The van der Waals surface area contributed by atoms with E-state index in [1.54, 1.807) is 18.9 Å². The first-order chi connectivity index (χ1) is 11.1. The smallest absolute Gasteiger partial charge is 0.230 e. The van der Waals surface area contributed by atoms with Crippen LogP contribution < -0.4 is 10.1 Å². The molecule has 2 atom stereocenters. The van der Waals surface area contributed by atoms with Gasteiger partial charge >= 0.3 is 0 Å². The lowest BCUT2D eigenvalue weighted by molar-refractivity contribution is -0.119. The minimum Gasteiger partial charge on any atom is -0.496 e. The molecular weight excluding hydrogens is 306 g/mol. The number of para-hydroxylation sites is 1. The molecule has 0 heterocycles. The fraction of sp³-hybridized carbons (Fsp3) is 0.316. The molecule has 3 nitrogen and oxygen atoms in total. The summed E-state index contributed by atoms with van der Waals surface area (Å²) >= 11 is 1.64. The summed E-state index contributed by atoms with van der Waals surface area (Å²) in [6.07, 6.45) is 0. The normalized spacial score (nSPS) is 13.2. The second-order valence-electron chi connectivity index (χ2n) is 5.40. The van der Waals surface area contributed by atoms with E-state index in [2.05, 4.69) is 24.4 Å². The lowest BCUT2D eigenvalue weighted by atomic mass is 10.1. The predicted molar refractivity (Wildman–Crippen MR) is 96.9 cm³/mol. The van der Waals surface area contributed by atoms with Crippen LogP contribution in [0.2, 0.25) is 0 Å². The van der Waals surface area contributed by atoms with Crippen LogP contribution in [-0.2, 0) is 4.79 Å². The molecule has 0 saturated heterocycles. The van der Waals surface area contributed by atoms with Crippen LogP contribution in [0.25, 0.3) is 0 Å². The van der Waals surface area contributed by atoms with Crippen LogP contribution in [0.4, 0.5) is 0 Å². The number of hydrogen-bond acceptors (Lipinski definition) is 3. The van der Waals surface area contributed by atoms with E-state index in [1.807, 2.05) is 49.4 Å². The highest BCUT2D eigenvalue weighted by atomic mass is 32.2. The molecule has 0 bridgehead atoms. The molecule has 0 spiro atoms. The summed E-state index contributed by atoms with van der Waals surface area (Å²) in [5, 5.41) is 3.33. The fourth-order valence-electron chi connectivity index (χ4n) is 2.41. The molecule has 23 heavy (non-hydrogen) atoms. The van der Waals surface area contributed by atoms with Gasteiger partial charge in [-0.25, -0.2) is 0 Å². The minimum absolute atomic E-state index is 0.0381. The second kappa shape index (κ2) is 8.63. The van der Waals surface area contributed by atoms with Crippen molar-refractivity contribution in [2.24, 2.45) is 0 Å². The summed E-state index contributed by atoms with van der Waals surface area (Å²) in [6, 6.07) is 17.9. The Labute approximate surface area is 142 Å². The van der Waals surface area contributed by atoms with Crippen molar-refractivity contribution in [1.29, 1.82) is 0 Å². The quantitative estimate of drug-likeness (QED) is 0.820. The van der Waals surface area contributed by atoms with Gasteiger partial charge in [-0.1, -0.05) is 48.5 Å². The van der Waals surface area contributed by atoms with Gasteiger partial charge in [-0.05, 0) is 25.5 Å².